The zero-order valence-corrected chi connectivity index (χ0v) is 15.5. The average molecular weight is 343 g/mol. The van der Waals surface area contributed by atoms with Gasteiger partial charge < -0.3 is 4.90 Å². The van der Waals surface area contributed by atoms with E-state index in [1.165, 1.54) is 25.7 Å². The predicted octanol–water partition coefficient (Wildman–Crippen LogP) is 3.58. The first-order valence-electron chi connectivity index (χ1n) is 9.46. The number of rotatable bonds is 10. The van der Waals surface area contributed by atoms with Gasteiger partial charge in [0.25, 0.3) is 0 Å². The molecule has 2 rings (SSSR count). The minimum atomic E-state index is -0.142. The molecule has 0 saturated heterocycles. The van der Waals surface area contributed by atoms with Gasteiger partial charge in [0.05, 0.1) is 17.7 Å². The van der Waals surface area contributed by atoms with Crippen LogP contribution < -0.4 is 0 Å². The Morgan fingerprint density at radius 3 is 2.44 bits per heavy atom. The van der Waals surface area contributed by atoms with Crippen molar-refractivity contribution in [3.05, 3.63) is 29.6 Å². The van der Waals surface area contributed by atoms with Gasteiger partial charge in [-0.1, -0.05) is 26.7 Å². The van der Waals surface area contributed by atoms with E-state index in [1.54, 1.807) is 18.3 Å². The molecule has 1 aliphatic carbocycles. The SMILES string of the molecule is CCCCN(CCCC)CCCN=C1CC(=O)c2ncccc2C1=O. The van der Waals surface area contributed by atoms with E-state index in [0.29, 0.717) is 17.8 Å². The maximum absolute atomic E-state index is 12.4. The second-order valence-corrected chi connectivity index (χ2v) is 6.56. The van der Waals surface area contributed by atoms with Crippen molar-refractivity contribution in [3.63, 3.8) is 0 Å². The van der Waals surface area contributed by atoms with Crippen molar-refractivity contribution in [2.45, 2.75) is 52.4 Å². The summed E-state index contributed by atoms with van der Waals surface area (Å²) in [6.07, 6.45) is 7.39. The molecule has 1 aromatic heterocycles. The molecule has 0 aromatic carbocycles. The molecule has 5 nitrogen and oxygen atoms in total. The van der Waals surface area contributed by atoms with Crippen molar-refractivity contribution in [1.29, 1.82) is 0 Å². The molecule has 0 unspecified atom stereocenters. The summed E-state index contributed by atoms with van der Waals surface area (Å²) in [7, 11) is 0. The van der Waals surface area contributed by atoms with Crippen LogP contribution in [-0.4, -0.2) is 53.3 Å². The summed E-state index contributed by atoms with van der Waals surface area (Å²) in [6.45, 7) is 8.27. The van der Waals surface area contributed by atoms with Gasteiger partial charge in [-0.2, -0.15) is 0 Å². The number of carbonyl (C=O) groups excluding carboxylic acids is 2. The first-order valence-corrected chi connectivity index (χ1v) is 9.46. The van der Waals surface area contributed by atoms with Crippen LogP contribution in [0.3, 0.4) is 0 Å². The molecule has 136 valence electrons. The Kier molecular flexibility index (Phi) is 7.92. The van der Waals surface area contributed by atoms with Crippen LogP contribution in [-0.2, 0) is 0 Å². The van der Waals surface area contributed by atoms with Crippen molar-refractivity contribution < 1.29 is 9.59 Å². The molecular weight excluding hydrogens is 314 g/mol. The van der Waals surface area contributed by atoms with E-state index < -0.39 is 0 Å². The van der Waals surface area contributed by atoms with Crippen molar-refractivity contribution >= 4 is 17.3 Å². The topological polar surface area (TPSA) is 62.6 Å². The molecule has 1 heterocycles. The Hall–Kier alpha value is -1.88. The van der Waals surface area contributed by atoms with Crippen LogP contribution in [0.4, 0.5) is 0 Å². The third kappa shape index (κ3) is 5.56. The van der Waals surface area contributed by atoms with Crippen LogP contribution in [0.2, 0.25) is 0 Å². The fourth-order valence-corrected chi connectivity index (χ4v) is 3.02. The Morgan fingerprint density at radius 2 is 1.76 bits per heavy atom. The third-order valence-corrected chi connectivity index (χ3v) is 4.50. The molecule has 1 aromatic rings. The number of aliphatic imine (C=N–C) groups is 1. The second kappa shape index (κ2) is 10.2. The quantitative estimate of drug-likeness (QED) is 0.609. The highest BCUT2D eigenvalue weighted by Gasteiger charge is 2.29. The van der Waals surface area contributed by atoms with Crippen LogP contribution in [0.5, 0.6) is 0 Å². The van der Waals surface area contributed by atoms with Gasteiger partial charge in [-0.3, -0.25) is 19.6 Å². The molecular formula is C20H29N3O2. The van der Waals surface area contributed by atoms with Crippen LogP contribution in [0.15, 0.2) is 23.3 Å². The number of ketones is 2. The first kappa shape index (κ1) is 19.4. The van der Waals surface area contributed by atoms with Gasteiger partial charge in [0.2, 0.25) is 5.78 Å². The highest BCUT2D eigenvalue weighted by atomic mass is 16.1. The summed E-state index contributed by atoms with van der Waals surface area (Å²) >= 11 is 0. The Labute approximate surface area is 150 Å². The zero-order chi connectivity index (χ0) is 18.1. The average Bonchev–Trinajstić information content (AvgIpc) is 2.64. The molecule has 0 amide bonds. The summed E-state index contributed by atoms with van der Waals surface area (Å²) < 4.78 is 0. The lowest BCUT2D eigenvalue weighted by atomic mass is 9.92. The minimum Gasteiger partial charge on any atom is -0.303 e. The molecule has 0 spiro atoms. The Balaban J connectivity index is 1.89. The van der Waals surface area contributed by atoms with Crippen molar-refractivity contribution in [2.24, 2.45) is 4.99 Å². The number of hydrogen-bond donors (Lipinski definition) is 0. The number of Topliss-reactive ketones (excluding diaryl/α,β-unsaturated/α-hetero) is 2. The fourth-order valence-electron chi connectivity index (χ4n) is 3.02. The Morgan fingerprint density at radius 1 is 1.08 bits per heavy atom. The van der Waals surface area contributed by atoms with Gasteiger partial charge >= 0.3 is 0 Å². The highest BCUT2D eigenvalue weighted by Crippen LogP contribution is 2.17. The second-order valence-electron chi connectivity index (χ2n) is 6.56. The number of aromatic nitrogens is 1. The van der Waals surface area contributed by atoms with E-state index in [0.717, 1.165) is 26.1 Å². The highest BCUT2D eigenvalue weighted by molar-refractivity contribution is 6.52. The molecule has 0 bridgehead atoms. The van der Waals surface area contributed by atoms with Crippen molar-refractivity contribution in [2.75, 3.05) is 26.2 Å². The van der Waals surface area contributed by atoms with E-state index in [1.807, 2.05) is 0 Å². The molecule has 0 aliphatic heterocycles. The molecule has 5 heteroatoms. The van der Waals surface area contributed by atoms with Crippen molar-refractivity contribution in [1.82, 2.24) is 9.88 Å². The lowest BCUT2D eigenvalue weighted by Crippen LogP contribution is -2.29. The van der Waals surface area contributed by atoms with Crippen LogP contribution in [0, 0.1) is 0 Å². The molecule has 0 saturated carbocycles. The van der Waals surface area contributed by atoms with E-state index in [4.69, 9.17) is 0 Å². The lowest BCUT2D eigenvalue weighted by Gasteiger charge is -2.21. The summed E-state index contributed by atoms with van der Waals surface area (Å²) in [5.74, 6) is -0.252. The summed E-state index contributed by atoms with van der Waals surface area (Å²) in [5.41, 5.74) is 1.07. The maximum Gasteiger partial charge on any atom is 0.209 e. The number of nitrogens with zero attached hydrogens (tertiary/aromatic N) is 3. The molecule has 0 N–H and O–H groups in total. The molecule has 25 heavy (non-hydrogen) atoms. The van der Waals surface area contributed by atoms with Gasteiger partial charge in [0.1, 0.15) is 5.69 Å². The van der Waals surface area contributed by atoms with Gasteiger partial charge in [-0.15, -0.1) is 0 Å². The third-order valence-electron chi connectivity index (χ3n) is 4.50. The number of fused-ring (bicyclic) bond motifs is 1. The van der Waals surface area contributed by atoms with E-state index in [9.17, 15) is 9.59 Å². The zero-order valence-electron chi connectivity index (χ0n) is 15.5. The smallest absolute Gasteiger partial charge is 0.209 e. The van der Waals surface area contributed by atoms with Crippen LogP contribution in [0.25, 0.3) is 0 Å². The Bertz CT molecular complexity index is 617. The van der Waals surface area contributed by atoms with Gasteiger partial charge in [-0.25, -0.2) is 0 Å². The number of unbranched alkanes of at least 4 members (excludes halogenated alkanes) is 2. The van der Waals surface area contributed by atoms with Gasteiger partial charge in [0, 0.05) is 12.7 Å². The van der Waals surface area contributed by atoms with Crippen molar-refractivity contribution in [3.8, 4) is 0 Å². The normalized spacial score (nSPS) is 15.9. The molecule has 0 atom stereocenters. The summed E-state index contributed by atoms with van der Waals surface area (Å²) in [4.78, 5) is 35.5. The maximum atomic E-state index is 12.4. The fraction of sp³-hybridized carbons (Fsp3) is 0.600. The first-order chi connectivity index (χ1) is 12.2. The predicted molar refractivity (Wildman–Crippen MR) is 101 cm³/mol. The number of carbonyl (C=O) groups is 2. The number of hydrogen-bond acceptors (Lipinski definition) is 5. The minimum absolute atomic E-state index is 0.0816. The monoisotopic (exact) mass is 343 g/mol. The van der Waals surface area contributed by atoms with Gasteiger partial charge in [-0.05, 0) is 51.0 Å². The molecule has 0 radical (unpaired) electrons. The standard InChI is InChI=1S/C20H29N3O2/c1-3-5-12-23(13-6-4-2)14-8-11-21-17-15-18(24)19-16(20(17)25)9-7-10-22-19/h7,9-10H,3-6,8,11-15H2,1-2H3. The van der Waals surface area contributed by atoms with E-state index in [2.05, 4.69) is 28.7 Å². The largest absolute Gasteiger partial charge is 0.303 e. The molecule has 1 aliphatic rings. The van der Waals surface area contributed by atoms with Gasteiger partial charge in [0.15, 0.2) is 5.78 Å². The van der Waals surface area contributed by atoms with E-state index >= 15 is 0 Å². The summed E-state index contributed by atoms with van der Waals surface area (Å²) in [5, 5.41) is 0. The molecule has 0 fully saturated rings. The van der Waals surface area contributed by atoms with Crippen LogP contribution in [0.1, 0.15) is 73.2 Å². The lowest BCUT2D eigenvalue weighted by molar-refractivity contribution is 0.0960. The summed E-state index contributed by atoms with van der Waals surface area (Å²) in [6, 6.07) is 3.35. The number of pyridine rings is 1. The van der Waals surface area contributed by atoms with Crippen LogP contribution >= 0.6 is 0 Å². The van der Waals surface area contributed by atoms with E-state index in [-0.39, 0.29) is 23.7 Å².